The Kier molecular flexibility index (Phi) is 9.59. The molecule has 1 aliphatic heterocycles. The molecule has 1 aromatic rings. The molecule has 21 heavy (non-hydrogen) atoms. The van der Waals surface area contributed by atoms with Crippen LogP contribution in [-0.4, -0.2) is 31.1 Å². The molecular formula is C16H25Cl3N2. The molecule has 0 spiro atoms. The maximum absolute atomic E-state index is 6.45. The smallest absolute Gasteiger partial charge is 0.0456 e. The fraction of sp³-hybridized carbons (Fsp3) is 0.500. The predicted octanol–water partition coefficient (Wildman–Crippen LogP) is 4.40. The molecule has 1 aliphatic rings. The van der Waals surface area contributed by atoms with E-state index in [2.05, 4.69) is 36.7 Å². The van der Waals surface area contributed by atoms with Crippen molar-refractivity contribution in [3.8, 4) is 0 Å². The third-order valence-electron chi connectivity index (χ3n) is 3.74. The van der Waals surface area contributed by atoms with Crippen molar-refractivity contribution in [1.29, 1.82) is 0 Å². The van der Waals surface area contributed by atoms with Gasteiger partial charge in [-0.15, -0.1) is 31.4 Å². The summed E-state index contributed by atoms with van der Waals surface area (Å²) in [7, 11) is 0. The van der Waals surface area contributed by atoms with Gasteiger partial charge in [-0.25, -0.2) is 0 Å². The van der Waals surface area contributed by atoms with E-state index < -0.39 is 0 Å². The Labute approximate surface area is 145 Å². The Morgan fingerprint density at radius 3 is 2.48 bits per heavy atom. The Hall–Kier alpha value is -0.250. The first-order chi connectivity index (χ1) is 9.09. The maximum Gasteiger partial charge on any atom is 0.0456 e. The molecule has 120 valence electrons. The quantitative estimate of drug-likeness (QED) is 0.809. The number of benzene rings is 1. The number of nitrogens with zero attached hydrogens (tertiary/aromatic N) is 1. The minimum Gasteiger partial charge on any atom is -0.314 e. The molecule has 1 atom stereocenters. The van der Waals surface area contributed by atoms with E-state index in [-0.39, 0.29) is 24.8 Å². The molecule has 0 radical (unpaired) electrons. The van der Waals surface area contributed by atoms with Crippen LogP contribution in [0.5, 0.6) is 0 Å². The van der Waals surface area contributed by atoms with E-state index in [1.54, 1.807) is 0 Å². The van der Waals surface area contributed by atoms with Gasteiger partial charge in [0.25, 0.3) is 0 Å². The van der Waals surface area contributed by atoms with Crippen molar-refractivity contribution >= 4 is 36.4 Å². The van der Waals surface area contributed by atoms with Gasteiger partial charge in [-0.2, -0.15) is 0 Å². The maximum atomic E-state index is 6.45. The van der Waals surface area contributed by atoms with Crippen molar-refractivity contribution in [2.45, 2.75) is 26.3 Å². The normalized spacial score (nSPS) is 16.5. The van der Waals surface area contributed by atoms with Crippen LogP contribution in [0.3, 0.4) is 0 Å². The van der Waals surface area contributed by atoms with Crippen LogP contribution in [0.25, 0.3) is 0 Å². The standard InChI is InChI=1S/C16H23ClN2.2ClH/c1-12(2)11-15(19-9-7-18-8-10-19)16-13(3)5-4-6-14(16)17;;/h4-6,15,18H,1,7-11H2,2-3H3;2*1H/t15-;;/m0../s1. The average Bonchev–Trinajstić information content (AvgIpc) is 2.38. The second-order valence-electron chi connectivity index (χ2n) is 5.43. The van der Waals surface area contributed by atoms with E-state index in [4.69, 9.17) is 11.6 Å². The van der Waals surface area contributed by atoms with Crippen LogP contribution < -0.4 is 5.32 Å². The molecule has 0 aromatic heterocycles. The first kappa shape index (κ1) is 20.8. The van der Waals surface area contributed by atoms with E-state index in [0.29, 0.717) is 6.04 Å². The lowest BCUT2D eigenvalue weighted by Crippen LogP contribution is -2.45. The van der Waals surface area contributed by atoms with Crippen molar-refractivity contribution in [2.24, 2.45) is 0 Å². The van der Waals surface area contributed by atoms with Gasteiger partial charge >= 0.3 is 0 Å². The highest BCUT2D eigenvalue weighted by molar-refractivity contribution is 6.31. The monoisotopic (exact) mass is 350 g/mol. The highest BCUT2D eigenvalue weighted by Crippen LogP contribution is 2.34. The van der Waals surface area contributed by atoms with Gasteiger partial charge in [0.05, 0.1) is 0 Å². The zero-order valence-corrected chi connectivity index (χ0v) is 15.1. The minimum absolute atomic E-state index is 0. The number of rotatable bonds is 4. The van der Waals surface area contributed by atoms with E-state index in [1.165, 1.54) is 16.7 Å². The second kappa shape index (κ2) is 9.70. The zero-order valence-electron chi connectivity index (χ0n) is 12.7. The van der Waals surface area contributed by atoms with E-state index in [9.17, 15) is 0 Å². The minimum atomic E-state index is 0. The molecule has 2 rings (SSSR count). The lowest BCUT2D eigenvalue weighted by Gasteiger charge is -2.36. The summed E-state index contributed by atoms with van der Waals surface area (Å²) in [4.78, 5) is 2.53. The summed E-state index contributed by atoms with van der Waals surface area (Å²) in [6, 6.07) is 6.52. The number of hydrogen-bond donors (Lipinski definition) is 1. The molecule has 1 heterocycles. The molecule has 0 amide bonds. The first-order valence-corrected chi connectivity index (χ1v) is 7.31. The second-order valence-corrected chi connectivity index (χ2v) is 5.84. The summed E-state index contributed by atoms with van der Waals surface area (Å²) < 4.78 is 0. The lowest BCUT2D eigenvalue weighted by molar-refractivity contribution is 0.172. The van der Waals surface area contributed by atoms with Crippen LogP contribution in [0.2, 0.25) is 5.02 Å². The molecule has 0 saturated carbocycles. The third-order valence-corrected chi connectivity index (χ3v) is 4.07. The van der Waals surface area contributed by atoms with Crippen LogP contribution in [0.15, 0.2) is 30.4 Å². The molecule has 1 aromatic carbocycles. The number of piperazine rings is 1. The van der Waals surface area contributed by atoms with Crippen molar-refractivity contribution < 1.29 is 0 Å². The Morgan fingerprint density at radius 2 is 1.95 bits per heavy atom. The molecule has 1 saturated heterocycles. The molecular weight excluding hydrogens is 327 g/mol. The van der Waals surface area contributed by atoms with E-state index in [0.717, 1.165) is 37.6 Å². The van der Waals surface area contributed by atoms with Gasteiger partial charge in [-0.3, -0.25) is 4.90 Å². The number of halogens is 3. The molecule has 0 bridgehead atoms. The summed E-state index contributed by atoms with van der Waals surface area (Å²) in [6.45, 7) is 12.6. The van der Waals surface area contributed by atoms with Crippen LogP contribution in [-0.2, 0) is 0 Å². The average molecular weight is 352 g/mol. The number of aryl methyl sites for hydroxylation is 1. The van der Waals surface area contributed by atoms with E-state index >= 15 is 0 Å². The Balaban J connectivity index is 0.00000200. The van der Waals surface area contributed by atoms with E-state index in [1.807, 2.05) is 12.1 Å². The van der Waals surface area contributed by atoms with Gasteiger partial charge < -0.3 is 5.32 Å². The third kappa shape index (κ3) is 5.46. The number of nitrogens with one attached hydrogen (secondary N) is 1. The molecule has 1 N–H and O–H groups in total. The molecule has 5 heteroatoms. The summed E-state index contributed by atoms with van der Waals surface area (Å²) in [5.41, 5.74) is 3.76. The van der Waals surface area contributed by atoms with Crippen molar-refractivity contribution in [2.75, 3.05) is 26.2 Å². The Morgan fingerprint density at radius 1 is 1.33 bits per heavy atom. The van der Waals surface area contributed by atoms with Crippen LogP contribution >= 0.6 is 36.4 Å². The highest BCUT2D eigenvalue weighted by Gasteiger charge is 2.25. The zero-order chi connectivity index (χ0) is 13.8. The summed E-state index contributed by atoms with van der Waals surface area (Å²) >= 11 is 6.45. The predicted molar refractivity (Wildman–Crippen MR) is 97.3 cm³/mol. The summed E-state index contributed by atoms with van der Waals surface area (Å²) in [6.07, 6.45) is 0.977. The van der Waals surface area contributed by atoms with Gasteiger partial charge in [0.1, 0.15) is 0 Å². The summed E-state index contributed by atoms with van der Waals surface area (Å²) in [5.74, 6) is 0. The molecule has 1 fully saturated rings. The van der Waals surface area contributed by atoms with Gasteiger partial charge in [0, 0.05) is 37.2 Å². The largest absolute Gasteiger partial charge is 0.314 e. The molecule has 0 aliphatic carbocycles. The summed E-state index contributed by atoms with van der Waals surface area (Å²) in [5, 5.41) is 4.29. The van der Waals surface area contributed by atoms with Crippen LogP contribution in [0.1, 0.15) is 30.5 Å². The van der Waals surface area contributed by atoms with Gasteiger partial charge in [0.15, 0.2) is 0 Å². The fourth-order valence-corrected chi connectivity index (χ4v) is 3.15. The number of hydrogen-bond acceptors (Lipinski definition) is 2. The topological polar surface area (TPSA) is 15.3 Å². The van der Waals surface area contributed by atoms with Crippen molar-refractivity contribution in [3.05, 3.63) is 46.5 Å². The fourth-order valence-electron chi connectivity index (χ4n) is 2.80. The van der Waals surface area contributed by atoms with Gasteiger partial charge in [-0.05, 0) is 37.5 Å². The SMILES string of the molecule is C=C(C)C[C@@H](c1c(C)cccc1Cl)N1CCNCC1.Cl.Cl. The van der Waals surface area contributed by atoms with Crippen molar-refractivity contribution in [3.63, 3.8) is 0 Å². The molecule has 0 unspecified atom stereocenters. The lowest BCUT2D eigenvalue weighted by atomic mass is 9.94. The van der Waals surface area contributed by atoms with Crippen molar-refractivity contribution in [1.82, 2.24) is 10.2 Å². The van der Waals surface area contributed by atoms with Crippen LogP contribution in [0, 0.1) is 6.92 Å². The first-order valence-electron chi connectivity index (χ1n) is 6.93. The van der Waals surface area contributed by atoms with Gasteiger partial charge in [0.2, 0.25) is 0 Å². The Bertz CT molecular complexity index is 437. The highest BCUT2D eigenvalue weighted by atomic mass is 35.5. The molecule has 2 nitrogen and oxygen atoms in total. The van der Waals surface area contributed by atoms with Crippen LogP contribution in [0.4, 0.5) is 0 Å². The van der Waals surface area contributed by atoms with Gasteiger partial charge in [-0.1, -0.05) is 29.3 Å².